The summed E-state index contributed by atoms with van der Waals surface area (Å²) in [4.78, 5) is 53.4. The number of fused-ring (bicyclic) bond motifs is 1. The van der Waals surface area contributed by atoms with E-state index in [1.54, 1.807) is 56.7 Å². The number of ether oxygens (including phenoxy) is 1. The number of carbonyl (C=O) groups is 3. The molecule has 2 aromatic heterocycles. The lowest BCUT2D eigenvalue weighted by atomic mass is 10.1. The predicted octanol–water partition coefficient (Wildman–Crippen LogP) is 4.61. The normalized spacial score (nSPS) is 11.9. The lowest BCUT2D eigenvalue weighted by molar-refractivity contribution is -0.125. The number of aromatic nitrogens is 2. The molecule has 0 fully saturated rings. The number of nitrogens with zero attached hydrogens (tertiary/aromatic N) is 4. The van der Waals surface area contributed by atoms with Crippen molar-refractivity contribution in [2.75, 3.05) is 33.5 Å². The molecule has 4 rings (SSSR count). The number of carbonyl (C=O) groups excluding carboxylic acids is 3. The molecule has 0 saturated heterocycles. The first-order chi connectivity index (χ1) is 21.4. The largest absolute Gasteiger partial charge is 0.436 e. The quantitative estimate of drug-likeness (QED) is 0.247. The van der Waals surface area contributed by atoms with Crippen molar-refractivity contribution in [2.45, 2.75) is 32.0 Å². The second-order valence-corrected chi connectivity index (χ2v) is 10.9. The minimum absolute atomic E-state index is 0.0287. The van der Waals surface area contributed by atoms with E-state index in [1.807, 2.05) is 4.57 Å². The third-order valence-corrected chi connectivity index (χ3v) is 7.01. The number of rotatable bonds is 11. The molecule has 3 amide bonds. The molecule has 0 aliphatic rings. The van der Waals surface area contributed by atoms with Crippen LogP contribution in [0.3, 0.4) is 0 Å². The number of hydrogen-bond donors (Lipinski definition) is 1. The molecule has 45 heavy (non-hydrogen) atoms. The molecule has 0 aliphatic carbocycles. The number of anilines is 1. The molecule has 0 spiro atoms. The van der Waals surface area contributed by atoms with Gasteiger partial charge in [-0.1, -0.05) is 18.2 Å². The highest BCUT2D eigenvalue weighted by molar-refractivity contribution is 5.95. The first-order valence-electron chi connectivity index (χ1n) is 14.2. The minimum Gasteiger partial charge on any atom is -0.436 e. The highest BCUT2D eigenvalue weighted by Crippen LogP contribution is 2.23. The fraction of sp³-hybridized carbons (Fsp3) is 0.273. The van der Waals surface area contributed by atoms with E-state index in [4.69, 9.17) is 4.74 Å². The van der Waals surface area contributed by atoms with Crippen LogP contribution in [0.25, 0.3) is 10.9 Å². The summed E-state index contributed by atoms with van der Waals surface area (Å²) in [6.45, 7) is 0.438. The summed E-state index contributed by atoms with van der Waals surface area (Å²) >= 11 is 0. The van der Waals surface area contributed by atoms with Crippen LogP contribution >= 0.6 is 0 Å². The molecule has 0 aliphatic heterocycles. The Morgan fingerprint density at radius 1 is 0.933 bits per heavy atom. The van der Waals surface area contributed by atoms with E-state index in [9.17, 15) is 28.0 Å². The Bertz CT molecular complexity index is 1780. The van der Waals surface area contributed by atoms with Gasteiger partial charge in [0.15, 0.2) is 6.10 Å². The zero-order valence-corrected chi connectivity index (χ0v) is 25.5. The van der Waals surface area contributed by atoms with Gasteiger partial charge in [0.2, 0.25) is 5.91 Å². The summed E-state index contributed by atoms with van der Waals surface area (Å²) in [5.74, 6) is -1.70. The van der Waals surface area contributed by atoms with Gasteiger partial charge in [0.1, 0.15) is 17.3 Å². The van der Waals surface area contributed by atoms with Gasteiger partial charge in [-0.05, 0) is 73.0 Å². The van der Waals surface area contributed by atoms with Crippen LogP contribution in [-0.4, -0.2) is 71.1 Å². The molecule has 1 unspecified atom stereocenters. The monoisotopic (exact) mass is 619 g/mol. The van der Waals surface area contributed by atoms with E-state index < -0.39 is 29.5 Å². The van der Waals surface area contributed by atoms with Crippen LogP contribution in [-0.2, 0) is 27.4 Å². The number of pyridine rings is 1. The van der Waals surface area contributed by atoms with Crippen LogP contribution in [0.1, 0.15) is 24.1 Å². The van der Waals surface area contributed by atoms with Crippen molar-refractivity contribution in [3.63, 3.8) is 0 Å². The van der Waals surface area contributed by atoms with Crippen LogP contribution in [0.5, 0.6) is 0 Å². The van der Waals surface area contributed by atoms with E-state index in [0.29, 0.717) is 17.6 Å². The Balaban J connectivity index is 1.58. The number of halogens is 2. The maximum absolute atomic E-state index is 14.1. The first-order valence-corrected chi connectivity index (χ1v) is 14.2. The Kier molecular flexibility index (Phi) is 10.5. The van der Waals surface area contributed by atoms with Crippen molar-refractivity contribution in [2.24, 2.45) is 0 Å². The molecule has 2 heterocycles. The van der Waals surface area contributed by atoms with Crippen molar-refractivity contribution in [3.8, 4) is 0 Å². The number of amides is 3. The van der Waals surface area contributed by atoms with Crippen LogP contribution in [0.4, 0.5) is 19.3 Å². The number of hydrogen-bond acceptors (Lipinski definition) is 5. The molecule has 12 heteroatoms. The maximum atomic E-state index is 14.1. The molecule has 0 saturated carbocycles. The smallest absolute Gasteiger partial charge is 0.410 e. The van der Waals surface area contributed by atoms with E-state index >= 15 is 0 Å². The van der Waals surface area contributed by atoms with E-state index in [0.717, 1.165) is 11.1 Å². The molecular weight excluding hydrogens is 584 g/mol. The van der Waals surface area contributed by atoms with Gasteiger partial charge in [0.05, 0.1) is 6.54 Å². The van der Waals surface area contributed by atoms with Gasteiger partial charge < -0.3 is 29.0 Å². The van der Waals surface area contributed by atoms with Crippen molar-refractivity contribution < 1.29 is 27.9 Å². The van der Waals surface area contributed by atoms with Crippen molar-refractivity contribution in [1.82, 2.24) is 18.9 Å². The van der Waals surface area contributed by atoms with Crippen LogP contribution in [0, 0.1) is 11.6 Å². The van der Waals surface area contributed by atoms with Crippen molar-refractivity contribution in [3.05, 3.63) is 112 Å². The summed E-state index contributed by atoms with van der Waals surface area (Å²) in [5, 5.41) is 3.22. The Morgan fingerprint density at radius 3 is 2.33 bits per heavy atom. The molecule has 1 N–H and O–H groups in total. The van der Waals surface area contributed by atoms with Crippen LogP contribution < -0.4 is 10.9 Å². The van der Waals surface area contributed by atoms with E-state index in [-0.39, 0.29) is 36.8 Å². The lowest BCUT2D eigenvalue weighted by Crippen LogP contribution is -2.37. The van der Waals surface area contributed by atoms with Gasteiger partial charge in [0.25, 0.3) is 11.5 Å². The molecular formula is C33H35F2N5O5. The number of allylic oxidation sites excluding steroid dienone is 1. The third kappa shape index (κ3) is 8.43. The SMILES string of the molecule is CN(C)C(=O)C=CCCC(OC(=O)N(C)C)C(=O)Nc1cccn(Cc2cc3cc(F)ccc3n2Cc2ccc(F)cc2)c1=O. The standard InChI is InChI=1S/C33H35F2N5O5/c1-37(2)30(41)10-6-5-9-29(45-33(44)38(3)4)31(42)36-27-8-7-17-39(32(27)43)21-26-19-23-18-25(35)15-16-28(23)40(26)20-22-11-13-24(34)14-12-22/h6-8,10-19,29H,5,9,20-21H2,1-4H3,(H,36,42). The predicted molar refractivity (Wildman–Crippen MR) is 167 cm³/mol. The molecule has 10 nitrogen and oxygen atoms in total. The van der Waals surface area contributed by atoms with Gasteiger partial charge >= 0.3 is 6.09 Å². The molecule has 0 radical (unpaired) electrons. The Labute approximate surface area is 259 Å². The fourth-order valence-corrected chi connectivity index (χ4v) is 4.58. The van der Waals surface area contributed by atoms with E-state index in [2.05, 4.69) is 5.32 Å². The minimum atomic E-state index is -1.24. The van der Waals surface area contributed by atoms with Gasteiger partial charge in [0, 0.05) is 57.5 Å². The zero-order chi connectivity index (χ0) is 32.7. The van der Waals surface area contributed by atoms with Crippen molar-refractivity contribution in [1.29, 1.82) is 0 Å². The van der Waals surface area contributed by atoms with Gasteiger partial charge in [-0.2, -0.15) is 0 Å². The topological polar surface area (TPSA) is 106 Å². The highest BCUT2D eigenvalue weighted by Gasteiger charge is 2.24. The average Bonchev–Trinajstić information content (AvgIpc) is 3.32. The Hall–Kier alpha value is -5.26. The summed E-state index contributed by atoms with van der Waals surface area (Å²) in [7, 11) is 6.18. The third-order valence-electron chi connectivity index (χ3n) is 7.01. The molecule has 4 aromatic rings. The summed E-state index contributed by atoms with van der Waals surface area (Å²) in [6.07, 6.45) is 2.87. The second-order valence-electron chi connectivity index (χ2n) is 10.9. The molecule has 1 atom stereocenters. The summed E-state index contributed by atoms with van der Waals surface area (Å²) < 4.78 is 36.3. The zero-order valence-electron chi connectivity index (χ0n) is 25.5. The van der Waals surface area contributed by atoms with Gasteiger partial charge in [-0.25, -0.2) is 13.6 Å². The molecule has 2 aromatic carbocycles. The lowest BCUT2D eigenvalue weighted by Gasteiger charge is -2.20. The Morgan fingerprint density at radius 2 is 1.64 bits per heavy atom. The van der Waals surface area contributed by atoms with Crippen molar-refractivity contribution >= 4 is 34.5 Å². The second kappa shape index (κ2) is 14.5. The summed E-state index contributed by atoms with van der Waals surface area (Å²) in [6, 6.07) is 15.3. The van der Waals surface area contributed by atoms with Crippen LogP contribution in [0.15, 0.2) is 83.8 Å². The van der Waals surface area contributed by atoms with Gasteiger partial charge in [-0.15, -0.1) is 0 Å². The number of nitrogens with one attached hydrogen (secondary N) is 1. The first kappa shape index (κ1) is 32.6. The van der Waals surface area contributed by atoms with Gasteiger partial charge in [-0.3, -0.25) is 14.4 Å². The summed E-state index contributed by atoms with van der Waals surface area (Å²) in [5.41, 5.74) is 1.69. The highest BCUT2D eigenvalue weighted by atomic mass is 19.1. The number of benzene rings is 2. The van der Waals surface area contributed by atoms with Crippen LogP contribution in [0.2, 0.25) is 0 Å². The number of likely N-dealkylation sites (N-methyl/N-ethyl adjacent to an activating group) is 1. The molecule has 0 bridgehead atoms. The maximum Gasteiger partial charge on any atom is 0.410 e. The average molecular weight is 620 g/mol. The van der Waals surface area contributed by atoms with E-state index in [1.165, 1.54) is 64.9 Å². The fourth-order valence-electron chi connectivity index (χ4n) is 4.58. The molecule has 236 valence electrons.